The lowest BCUT2D eigenvalue weighted by Gasteiger charge is -2.39. The van der Waals surface area contributed by atoms with Crippen molar-refractivity contribution in [1.29, 1.82) is 0 Å². The van der Waals surface area contributed by atoms with Gasteiger partial charge in [0.05, 0.1) is 12.7 Å². The van der Waals surface area contributed by atoms with Crippen LogP contribution in [0.2, 0.25) is 0 Å². The molecule has 1 saturated carbocycles. The number of nitrogens with zero attached hydrogens (tertiary/aromatic N) is 1. The SMILES string of the molecule is CC(C)OCCN(C)C1(CN)CCC(C)(C)C1. The van der Waals surface area contributed by atoms with Crippen LogP contribution in [0, 0.1) is 5.41 Å². The molecule has 0 bridgehead atoms. The van der Waals surface area contributed by atoms with E-state index in [4.69, 9.17) is 10.5 Å². The lowest BCUT2D eigenvalue weighted by Crippen LogP contribution is -2.51. The van der Waals surface area contributed by atoms with Gasteiger partial charge in [-0.25, -0.2) is 0 Å². The summed E-state index contributed by atoms with van der Waals surface area (Å²) < 4.78 is 5.63. The van der Waals surface area contributed by atoms with Crippen LogP contribution in [0.4, 0.5) is 0 Å². The molecule has 0 aromatic heterocycles. The van der Waals surface area contributed by atoms with E-state index in [0.29, 0.717) is 11.5 Å². The van der Waals surface area contributed by atoms with Crippen molar-refractivity contribution in [3.05, 3.63) is 0 Å². The highest BCUT2D eigenvalue weighted by atomic mass is 16.5. The summed E-state index contributed by atoms with van der Waals surface area (Å²) in [4.78, 5) is 2.42. The molecule has 3 nitrogen and oxygen atoms in total. The van der Waals surface area contributed by atoms with Crippen LogP contribution >= 0.6 is 0 Å². The minimum absolute atomic E-state index is 0.198. The van der Waals surface area contributed by atoms with Crippen molar-refractivity contribution in [3.63, 3.8) is 0 Å². The van der Waals surface area contributed by atoms with Crippen LogP contribution in [0.1, 0.15) is 47.0 Å². The molecule has 17 heavy (non-hydrogen) atoms. The molecule has 1 aliphatic rings. The first-order chi connectivity index (χ1) is 7.81. The Labute approximate surface area is 107 Å². The van der Waals surface area contributed by atoms with Crippen LogP contribution in [0.25, 0.3) is 0 Å². The van der Waals surface area contributed by atoms with Gasteiger partial charge in [-0.15, -0.1) is 0 Å². The third-order valence-electron chi connectivity index (χ3n) is 4.14. The molecular weight excluding hydrogens is 212 g/mol. The first-order valence-corrected chi connectivity index (χ1v) is 6.84. The second-order valence-corrected chi connectivity index (χ2v) is 6.61. The predicted octanol–water partition coefficient (Wildman–Crippen LogP) is 2.25. The molecule has 0 aromatic rings. The monoisotopic (exact) mass is 242 g/mol. The average molecular weight is 242 g/mol. The molecule has 0 aliphatic heterocycles. The quantitative estimate of drug-likeness (QED) is 0.776. The van der Waals surface area contributed by atoms with Crippen molar-refractivity contribution < 1.29 is 4.74 Å². The van der Waals surface area contributed by atoms with Gasteiger partial charge in [0.1, 0.15) is 0 Å². The van der Waals surface area contributed by atoms with E-state index < -0.39 is 0 Å². The van der Waals surface area contributed by atoms with Crippen molar-refractivity contribution in [2.24, 2.45) is 11.1 Å². The van der Waals surface area contributed by atoms with Crippen LogP contribution in [0.3, 0.4) is 0 Å². The van der Waals surface area contributed by atoms with E-state index in [1.165, 1.54) is 19.3 Å². The summed E-state index contributed by atoms with van der Waals surface area (Å²) in [6, 6.07) is 0. The number of likely N-dealkylation sites (N-methyl/N-ethyl adjacent to an activating group) is 1. The summed E-state index contributed by atoms with van der Waals surface area (Å²) in [5.74, 6) is 0. The van der Waals surface area contributed by atoms with Crippen molar-refractivity contribution in [2.45, 2.75) is 58.6 Å². The summed E-state index contributed by atoms with van der Waals surface area (Å²) in [5.41, 5.74) is 6.68. The maximum absolute atomic E-state index is 6.04. The van der Waals surface area contributed by atoms with Crippen LogP contribution in [0.5, 0.6) is 0 Å². The van der Waals surface area contributed by atoms with E-state index in [0.717, 1.165) is 19.7 Å². The Balaban J connectivity index is 2.50. The molecule has 0 radical (unpaired) electrons. The minimum atomic E-state index is 0.198. The highest BCUT2D eigenvalue weighted by Gasteiger charge is 2.44. The minimum Gasteiger partial charge on any atom is -0.377 e. The number of hydrogen-bond acceptors (Lipinski definition) is 3. The van der Waals surface area contributed by atoms with Gasteiger partial charge in [-0.05, 0) is 45.6 Å². The molecule has 0 heterocycles. The first-order valence-electron chi connectivity index (χ1n) is 6.84. The van der Waals surface area contributed by atoms with Gasteiger partial charge in [-0.1, -0.05) is 13.8 Å². The molecule has 102 valence electrons. The van der Waals surface area contributed by atoms with Crippen molar-refractivity contribution in [2.75, 3.05) is 26.7 Å². The van der Waals surface area contributed by atoms with Gasteiger partial charge < -0.3 is 10.5 Å². The summed E-state index contributed by atoms with van der Waals surface area (Å²) in [7, 11) is 2.19. The number of hydrogen-bond donors (Lipinski definition) is 1. The van der Waals surface area contributed by atoms with Crippen molar-refractivity contribution in [3.8, 4) is 0 Å². The Morgan fingerprint density at radius 1 is 1.29 bits per heavy atom. The molecule has 1 fully saturated rings. The zero-order valence-corrected chi connectivity index (χ0v) is 12.3. The lowest BCUT2D eigenvalue weighted by molar-refractivity contribution is 0.0335. The maximum atomic E-state index is 6.04. The van der Waals surface area contributed by atoms with Gasteiger partial charge in [0.15, 0.2) is 0 Å². The molecule has 3 heteroatoms. The van der Waals surface area contributed by atoms with Gasteiger partial charge in [-0.3, -0.25) is 4.90 Å². The lowest BCUT2D eigenvalue weighted by atomic mass is 9.87. The fourth-order valence-corrected chi connectivity index (χ4v) is 2.96. The molecule has 1 rings (SSSR count). The van der Waals surface area contributed by atoms with Crippen molar-refractivity contribution in [1.82, 2.24) is 4.90 Å². The highest BCUT2D eigenvalue weighted by Crippen LogP contribution is 2.45. The summed E-state index contributed by atoms with van der Waals surface area (Å²) in [6.07, 6.45) is 4.01. The van der Waals surface area contributed by atoms with E-state index in [9.17, 15) is 0 Å². The van der Waals surface area contributed by atoms with Gasteiger partial charge in [0.2, 0.25) is 0 Å². The molecule has 1 unspecified atom stereocenters. The van der Waals surface area contributed by atoms with Gasteiger partial charge in [0.25, 0.3) is 0 Å². The molecular formula is C14H30N2O. The average Bonchev–Trinajstić information content (AvgIpc) is 2.55. The summed E-state index contributed by atoms with van der Waals surface area (Å²) in [6.45, 7) is 11.4. The first kappa shape index (κ1) is 14.9. The standard InChI is InChI=1S/C14H30N2O/c1-12(2)17-9-8-16(5)14(11-15)7-6-13(3,4)10-14/h12H,6-11,15H2,1-5H3. The molecule has 2 N–H and O–H groups in total. The Morgan fingerprint density at radius 2 is 1.94 bits per heavy atom. The molecule has 0 aromatic carbocycles. The zero-order chi connectivity index (χ0) is 13.1. The van der Waals surface area contributed by atoms with E-state index in [1.807, 2.05) is 0 Å². The van der Waals surface area contributed by atoms with Gasteiger partial charge in [0, 0.05) is 18.6 Å². The topological polar surface area (TPSA) is 38.5 Å². The third-order valence-corrected chi connectivity index (χ3v) is 4.14. The normalized spacial score (nSPS) is 28.2. The Hall–Kier alpha value is -0.120. The molecule has 1 aliphatic carbocycles. The summed E-state index contributed by atoms with van der Waals surface area (Å²) >= 11 is 0. The molecule has 0 spiro atoms. The van der Waals surface area contributed by atoms with Crippen LogP contribution in [-0.2, 0) is 4.74 Å². The second kappa shape index (κ2) is 5.68. The zero-order valence-electron chi connectivity index (χ0n) is 12.3. The Morgan fingerprint density at radius 3 is 2.35 bits per heavy atom. The Kier molecular flexibility index (Phi) is 4.99. The number of rotatable bonds is 6. The van der Waals surface area contributed by atoms with E-state index >= 15 is 0 Å². The predicted molar refractivity (Wildman–Crippen MR) is 73.1 cm³/mol. The molecule has 0 amide bonds. The van der Waals surface area contributed by atoms with Crippen molar-refractivity contribution >= 4 is 0 Å². The number of nitrogens with two attached hydrogens (primary N) is 1. The fraction of sp³-hybridized carbons (Fsp3) is 1.00. The van der Waals surface area contributed by atoms with Crippen LogP contribution in [0.15, 0.2) is 0 Å². The van der Waals surface area contributed by atoms with E-state index in [2.05, 4.69) is 39.6 Å². The third kappa shape index (κ3) is 3.94. The highest BCUT2D eigenvalue weighted by molar-refractivity contribution is 5.01. The number of ether oxygens (including phenoxy) is 1. The smallest absolute Gasteiger partial charge is 0.0597 e. The van der Waals surface area contributed by atoms with E-state index in [-0.39, 0.29) is 5.54 Å². The Bertz CT molecular complexity index is 240. The van der Waals surface area contributed by atoms with E-state index in [1.54, 1.807) is 0 Å². The second-order valence-electron chi connectivity index (χ2n) is 6.61. The van der Waals surface area contributed by atoms with Gasteiger partial charge in [-0.2, -0.15) is 0 Å². The largest absolute Gasteiger partial charge is 0.377 e. The summed E-state index contributed by atoms with van der Waals surface area (Å²) in [5, 5.41) is 0. The van der Waals surface area contributed by atoms with Gasteiger partial charge >= 0.3 is 0 Å². The maximum Gasteiger partial charge on any atom is 0.0597 e. The van der Waals surface area contributed by atoms with Crippen LogP contribution < -0.4 is 5.73 Å². The fourth-order valence-electron chi connectivity index (χ4n) is 2.96. The van der Waals surface area contributed by atoms with Crippen LogP contribution in [-0.4, -0.2) is 43.3 Å². The molecule has 1 atom stereocenters. The molecule has 0 saturated heterocycles.